The summed E-state index contributed by atoms with van der Waals surface area (Å²) in [7, 11) is 0. The molecule has 0 fully saturated rings. The molecule has 6 heterocycles. The number of thiazole rings is 2. The average molecular weight is 873 g/mol. The lowest BCUT2D eigenvalue weighted by molar-refractivity contribution is -0.114. The normalized spacial score (nSPS) is 14.2. The zero-order chi connectivity index (χ0) is 42.7. The second-order valence-corrected chi connectivity index (χ2v) is 21.6. The number of fused-ring (bicyclic) bond motifs is 4. The third kappa shape index (κ3) is 9.28. The summed E-state index contributed by atoms with van der Waals surface area (Å²) >= 11 is 6.44. The van der Waals surface area contributed by atoms with Gasteiger partial charge in [-0.25, -0.2) is 19.6 Å². The van der Waals surface area contributed by atoms with Crippen LogP contribution in [0.15, 0.2) is 24.3 Å². The Bertz CT molecular complexity index is 2620. The molecule has 15 heteroatoms. The number of nitrogen functional groups attached to an aromatic ring is 1. The molecule has 59 heavy (non-hydrogen) atoms. The Morgan fingerprint density at radius 2 is 1.12 bits per heavy atom. The van der Waals surface area contributed by atoms with E-state index in [1.54, 1.807) is 43.8 Å². The third-order valence-electron chi connectivity index (χ3n) is 9.82. The van der Waals surface area contributed by atoms with Crippen LogP contribution in [0.4, 0.5) is 19.6 Å². The summed E-state index contributed by atoms with van der Waals surface area (Å²) in [6.07, 6.45) is 0.900. The number of aromatic nitrogens is 2. The lowest BCUT2D eigenvalue weighted by atomic mass is 10.0. The fraction of sp³-hybridized carbons (Fsp3) is 0.432. The Labute approximate surface area is 361 Å². The second kappa shape index (κ2) is 16.1. The molecular weight excluding hydrogens is 821 g/mol. The van der Waals surface area contributed by atoms with Crippen LogP contribution in [-0.2, 0) is 40.2 Å². The van der Waals surface area contributed by atoms with E-state index in [0.717, 1.165) is 68.6 Å². The number of rotatable bonds is 3. The van der Waals surface area contributed by atoms with Gasteiger partial charge in [-0.2, -0.15) is 0 Å². The molecule has 8 rings (SSSR count). The van der Waals surface area contributed by atoms with Crippen molar-refractivity contribution in [2.75, 3.05) is 24.1 Å². The number of aryl methyl sites for hydroxylation is 4. The maximum atomic E-state index is 12.6. The van der Waals surface area contributed by atoms with Crippen molar-refractivity contribution in [2.24, 2.45) is 0 Å². The highest BCUT2D eigenvalue weighted by atomic mass is 32.1. The molecule has 0 saturated heterocycles. The molecule has 312 valence electrons. The van der Waals surface area contributed by atoms with Crippen LogP contribution in [0.2, 0.25) is 0 Å². The van der Waals surface area contributed by atoms with Gasteiger partial charge in [-0.05, 0) is 128 Å². The minimum Gasteiger partial charge on any atom is -0.444 e. The molecule has 2 aromatic carbocycles. The molecule has 0 aliphatic carbocycles. The van der Waals surface area contributed by atoms with Gasteiger partial charge in [0.2, 0.25) is 5.91 Å². The monoisotopic (exact) mass is 872 g/mol. The second-order valence-electron chi connectivity index (χ2n) is 17.3. The number of nitrogens with zero attached hydrogens (tertiary/aromatic N) is 4. The number of amides is 3. The minimum absolute atomic E-state index is 0.114. The van der Waals surface area contributed by atoms with Crippen molar-refractivity contribution in [2.45, 2.75) is 113 Å². The van der Waals surface area contributed by atoms with Crippen LogP contribution >= 0.6 is 45.3 Å². The first kappa shape index (κ1) is 42.6. The number of hydrogen-bond acceptors (Lipinski definition) is 12. The molecular formula is C44H52N6O5S4. The van der Waals surface area contributed by atoms with Crippen LogP contribution in [0.1, 0.15) is 91.6 Å². The molecule has 0 unspecified atom stereocenters. The summed E-state index contributed by atoms with van der Waals surface area (Å²) in [6, 6.07) is 8.65. The Kier molecular flexibility index (Phi) is 11.6. The van der Waals surface area contributed by atoms with Gasteiger partial charge in [-0.15, -0.1) is 45.3 Å². The minimum atomic E-state index is -0.531. The summed E-state index contributed by atoms with van der Waals surface area (Å²) in [6.45, 7) is 23.4. The number of carbonyl (C=O) groups excluding carboxylic acids is 3. The van der Waals surface area contributed by atoms with Crippen molar-refractivity contribution in [3.05, 3.63) is 67.4 Å². The molecule has 0 radical (unpaired) electrons. The van der Waals surface area contributed by atoms with Gasteiger partial charge in [-0.1, -0.05) is 12.1 Å². The van der Waals surface area contributed by atoms with Crippen molar-refractivity contribution in [3.8, 4) is 21.1 Å². The van der Waals surface area contributed by atoms with Gasteiger partial charge >= 0.3 is 12.2 Å². The van der Waals surface area contributed by atoms with E-state index in [-0.39, 0.29) is 18.1 Å². The van der Waals surface area contributed by atoms with Crippen LogP contribution in [0.3, 0.4) is 0 Å². The number of nitrogens with one attached hydrogen (secondary N) is 1. The first-order valence-electron chi connectivity index (χ1n) is 19.7. The Hall–Kier alpha value is -4.57. The number of ether oxygens (including phenoxy) is 2. The lowest BCUT2D eigenvalue weighted by Crippen LogP contribution is -2.39. The maximum absolute atomic E-state index is 12.6. The van der Waals surface area contributed by atoms with Gasteiger partial charge < -0.3 is 30.3 Å². The van der Waals surface area contributed by atoms with Gasteiger partial charge in [0.05, 0.1) is 38.5 Å². The van der Waals surface area contributed by atoms with Crippen LogP contribution < -0.4 is 11.1 Å². The van der Waals surface area contributed by atoms with E-state index in [9.17, 15) is 14.4 Å². The largest absolute Gasteiger partial charge is 0.444 e. The van der Waals surface area contributed by atoms with Crippen LogP contribution in [-0.4, -0.2) is 62.2 Å². The molecule has 0 bridgehead atoms. The van der Waals surface area contributed by atoms with Crippen LogP contribution in [0.5, 0.6) is 0 Å². The number of benzene rings is 2. The summed E-state index contributed by atoms with van der Waals surface area (Å²) in [5.74, 6) is -0.114. The zero-order valence-electron chi connectivity index (χ0n) is 35.6. The molecule has 11 nitrogen and oxygen atoms in total. The number of thiophene rings is 2. The van der Waals surface area contributed by atoms with Crippen LogP contribution in [0, 0.1) is 27.7 Å². The van der Waals surface area contributed by atoms with Crippen molar-refractivity contribution >= 4 is 93.9 Å². The topological polar surface area (TPSA) is 140 Å². The molecule has 2 aliphatic heterocycles. The van der Waals surface area contributed by atoms with Crippen molar-refractivity contribution in [3.63, 3.8) is 0 Å². The molecule has 6 aromatic rings. The van der Waals surface area contributed by atoms with Gasteiger partial charge in [0.1, 0.15) is 26.2 Å². The quantitative estimate of drug-likeness (QED) is 0.179. The molecule has 3 N–H and O–H groups in total. The summed E-state index contributed by atoms with van der Waals surface area (Å²) in [5, 5.41) is 6.47. The van der Waals surface area contributed by atoms with Gasteiger partial charge in [0.25, 0.3) is 0 Å². The standard InChI is InChI=1S/C23H27N3O3S2.C21H25N3O2S2/c1-12-9-13(2)19-16(10-12)30-21(25-19)18-15-7-8-26(22(28)29-23(4,5)6)11-17(15)31-20(18)24-14(3)27;1-11-8-12(2)17-14(9-11)28-19(23-17)16-13-6-7-24(10-15(13)27-18(16)22)20(25)26-21(3,4)5/h9-10H,7-8,11H2,1-6H3,(H,24,27);8-9H,6-7,10,22H2,1-5H3. The zero-order valence-corrected chi connectivity index (χ0v) is 38.9. The van der Waals surface area contributed by atoms with E-state index in [1.165, 1.54) is 50.8 Å². The lowest BCUT2D eigenvalue weighted by Gasteiger charge is -2.30. The highest BCUT2D eigenvalue weighted by Crippen LogP contribution is 2.47. The Morgan fingerprint density at radius 3 is 1.58 bits per heavy atom. The molecule has 0 spiro atoms. The number of anilines is 2. The van der Waals surface area contributed by atoms with E-state index < -0.39 is 11.2 Å². The van der Waals surface area contributed by atoms with Crippen LogP contribution in [0.25, 0.3) is 41.6 Å². The summed E-state index contributed by atoms with van der Waals surface area (Å²) in [5.41, 5.74) is 16.7. The number of carbonyl (C=O) groups is 3. The van der Waals surface area contributed by atoms with E-state index in [2.05, 4.69) is 57.3 Å². The molecule has 0 atom stereocenters. The maximum Gasteiger partial charge on any atom is 0.410 e. The fourth-order valence-electron chi connectivity index (χ4n) is 7.46. The molecule has 3 amide bonds. The Morgan fingerprint density at radius 1 is 0.678 bits per heavy atom. The van der Waals surface area contributed by atoms with Gasteiger partial charge in [-0.3, -0.25) is 4.79 Å². The first-order valence-corrected chi connectivity index (χ1v) is 22.9. The Balaban J connectivity index is 0.000000180. The molecule has 2 aliphatic rings. The smallest absolute Gasteiger partial charge is 0.410 e. The van der Waals surface area contributed by atoms with E-state index in [0.29, 0.717) is 32.6 Å². The molecule has 4 aromatic heterocycles. The predicted molar refractivity (Wildman–Crippen MR) is 244 cm³/mol. The third-order valence-corrected chi connectivity index (χ3v) is 14.0. The highest BCUT2D eigenvalue weighted by Gasteiger charge is 2.33. The number of nitrogens with two attached hydrogens (primary N) is 1. The van der Waals surface area contributed by atoms with E-state index in [4.69, 9.17) is 25.2 Å². The van der Waals surface area contributed by atoms with Crippen molar-refractivity contribution < 1.29 is 23.9 Å². The average Bonchev–Trinajstić information content (AvgIpc) is 3.88. The van der Waals surface area contributed by atoms with Gasteiger partial charge in [0, 0.05) is 40.9 Å². The number of hydrogen-bond donors (Lipinski definition) is 2. The fourth-order valence-corrected chi connectivity index (χ4v) is 12.5. The van der Waals surface area contributed by atoms with Crippen molar-refractivity contribution in [1.29, 1.82) is 0 Å². The SMILES string of the molecule is CC(=O)Nc1sc2c(c1-c1nc3c(C)cc(C)cc3s1)CCN(C(=O)OC(C)(C)C)C2.Cc1cc(C)c2nc(-c3c(N)sc4c3CCN(C(=O)OC(C)(C)C)C4)sc2c1. The summed E-state index contributed by atoms with van der Waals surface area (Å²) in [4.78, 5) is 52.5. The van der Waals surface area contributed by atoms with E-state index >= 15 is 0 Å². The van der Waals surface area contributed by atoms with E-state index in [1.807, 2.05) is 41.5 Å². The van der Waals surface area contributed by atoms with Gasteiger partial charge in [0.15, 0.2) is 0 Å². The highest BCUT2D eigenvalue weighted by molar-refractivity contribution is 7.23. The first-order chi connectivity index (χ1) is 27.6. The predicted octanol–water partition coefficient (Wildman–Crippen LogP) is 11.4. The van der Waals surface area contributed by atoms with Crippen molar-refractivity contribution in [1.82, 2.24) is 19.8 Å². The molecule has 0 saturated carbocycles. The summed E-state index contributed by atoms with van der Waals surface area (Å²) < 4.78 is 13.4.